The first-order valence-corrected chi connectivity index (χ1v) is 10.3. The zero-order valence-corrected chi connectivity index (χ0v) is 16.8. The van der Waals surface area contributed by atoms with Gasteiger partial charge in [-0.15, -0.1) is 0 Å². The minimum absolute atomic E-state index is 0.170. The predicted octanol–water partition coefficient (Wildman–Crippen LogP) is 3.80. The van der Waals surface area contributed by atoms with Crippen molar-refractivity contribution in [1.29, 1.82) is 0 Å². The summed E-state index contributed by atoms with van der Waals surface area (Å²) in [6, 6.07) is 23.1. The van der Waals surface area contributed by atoms with Crippen LogP contribution in [0.5, 0.6) is 0 Å². The normalized spacial score (nSPS) is 16.3. The number of carbonyl (C=O) groups excluding carboxylic acids is 2. The highest BCUT2D eigenvalue weighted by molar-refractivity contribution is 5.93. The molecule has 1 atom stereocenters. The number of benzene rings is 2. The van der Waals surface area contributed by atoms with E-state index in [1.165, 1.54) is 0 Å². The highest BCUT2D eigenvalue weighted by atomic mass is 16.2. The maximum absolute atomic E-state index is 12.8. The molecule has 0 unspecified atom stereocenters. The summed E-state index contributed by atoms with van der Waals surface area (Å²) in [7, 11) is 0. The average molecular weight is 399 g/mol. The number of pyridine rings is 1. The molecule has 1 aliphatic heterocycles. The summed E-state index contributed by atoms with van der Waals surface area (Å²) in [4.78, 5) is 30.9. The number of nitrogens with zero attached hydrogens (tertiary/aromatic N) is 2. The summed E-state index contributed by atoms with van der Waals surface area (Å²) in [6.45, 7) is 1.50. The van der Waals surface area contributed by atoms with E-state index in [-0.39, 0.29) is 11.8 Å². The second kappa shape index (κ2) is 8.91. The zero-order chi connectivity index (χ0) is 20.9. The number of likely N-dealkylation sites (tertiary alicyclic amines) is 1. The second-order valence-corrected chi connectivity index (χ2v) is 7.73. The number of piperidine rings is 1. The first-order valence-electron chi connectivity index (χ1n) is 10.3. The van der Waals surface area contributed by atoms with Crippen molar-refractivity contribution in [3.05, 3.63) is 89.6 Å². The van der Waals surface area contributed by atoms with Crippen LogP contribution in [0.2, 0.25) is 0 Å². The molecule has 1 aliphatic rings. The molecule has 0 aliphatic carbocycles. The SMILES string of the molecule is NC(=O)c1ccc(-c2cccc([C@H]3CCCN(C(=O)Cc4ccccc4)C3)n2)cc1. The van der Waals surface area contributed by atoms with Gasteiger partial charge in [0.05, 0.1) is 12.1 Å². The van der Waals surface area contributed by atoms with Gasteiger partial charge in [0.25, 0.3) is 0 Å². The van der Waals surface area contributed by atoms with Crippen molar-refractivity contribution in [2.24, 2.45) is 5.73 Å². The summed E-state index contributed by atoms with van der Waals surface area (Å²) in [6.07, 6.45) is 2.43. The highest BCUT2D eigenvalue weighted by Gasteiger charge is 2.25. The van der Waals surface area contributed by atoms with Crippen molar-refractivity contribution in [2.75, 3.05) is 13.1 Å². The quantitative estimate of drug-likeness (QED) is 0.709. The summed E-state index contributed by atoms with van der Waals surface area (Å²) in [5, 5.41) is 0. The lowest BCUT2D eigenvalue weighted by molar-refractivity contribution is -0.131. The zero-order valence-electron chi connectivity index (χ0n) is 16.8. The number of amides is 2. The van der Waals surface area contributed by atoms with E-state index in [1.54, 1.807) is 12.1 Å². The molecule has 0 bridgehead atoms. The average Bonchev–Trinajstić information content (AvgIpc) is 2.80. The molecule has 3 aromatic rings. The van der Waals surface area contributed by atoms with E-state index < -0.39 is 5.91 Å². The first kappa shape index (κ1) is 19.8. The smallest absolute Gasteiger partial charge is 0.248 e. The fraction of sp³-hybridized carbons (Fsp3) is 0.240. The molecule has 2 N–H and O–H groups in total. The summed E-state index contributed by atoms with van der Waals surface area (Å²) in [5.41, 5.74) is 9.65. The Labute approximate surface area is 176 Å². The van der Waals surface area contributed by atoms with Crippen molar-refractivity contribution < 1.29 is 9.59 Å². The molecule has 1 aromatic heterocycles. The predicted molar refractivity (Wildman–Crippen MR) is 117 cm³/mol. The number of primary amides is 1. The van der Waals surface area contributed by atoms with Crippen LogP contribution in [0.3, 0.4) is 0 Å². The molecule has 2 aromatic carbocycles. The van der Waals surface area contributed by atoms with Crippen LogP contribution in [0.15, 0.2) is 72.8 Å². The molecule has 5 nitrogen and oxygen atoms in total. The van der Waals surface area contributed by atoms with Crippen LogP contribution in [0.4, 0.5) is 0 Å². The maximum atomic E-state index is 12.8. The molecule has 4 rings (SSSR count). The van der Waals surface area contributed by atoms with Gasteiger partial charge in [0.15, 0.2) is 0 Å². The Hall–Kier alpha value is -3.47. The Morgan fingerprint density at radius 1 is 0.967 bits per heavy atom. The van der Waals surface area contributed by atoms with Crippen molar-refractivity contribution in [3.8, 4) is 11.3 Å². The Kier molecular flexibility index (Phi) is 5.89. The molecular weight excluding hydrogens is 374 g/mol. The Balaban J connectivity index is 1.47. The fourth-order valence-corrected chi connectivity index (χ4v) is 3.97. The van der Waals surface area contributed by atoms with Gasteiger partial charge in [-0.3, -0.25) is 14.6 Å². The van der Waals surface area contributed by atoms with E-state index in [2.05, 4.69) is 0 Å². The van der Waals surface area contributed by atoms with E-state index in [0.29, 0.717) is 18.5 Å². The van der Waals surface area contributed by atoms with Gasteiger partial charge in [0.1, 0.15) is 0 Å². The molecule has 152 valence electrons. The number of aromatic nitrogens is 1. The van der Waals surface area contributed by atoms with E-state index in [4.69, 9.17) is 10.7 Å². The van der Waals surface area contributed by atoms with Crippen LogP contribution in [0.25, 0.3) is 11.3 Å². The molecule has 30 heavy (non-hydrogen) atoms. The standard InChI is InChI=1S/C25H25N3O2/c26-25(30)20-13-11-19(12-14-20)22-9-4-10-23(27-22)21-8-5-15-28(17-21)24(29)16-18-6-2-1-3-7-18/h1-4,6-7,9-14,21H,5,8,15-17H2,(H2,26,30)/t21-/m0/s1. The lowest BCUT2D eigenvalue weighted by atomic mass is 9.93. The number of rotatable bonds is 5. The lowest BCUT2D eigenvalue weighted by Crippen LogP contribution is -2.40. The van der Waals surface area contributed by atoms with Gasteiger partial charge in [0.2, 0.25) is 11.8 Å². The first-order chi connectivity index (χ1) is 14.6. The third-order valence-corrected chi connectivity index (χ3v) is 5.63. The molecule has 2 heterocycles. The monoisotopic (exact) mass is 399 g/mol. The maximum Gasteiger partial charge on any atom is 0.248 e. The number of carbonyl (C=O) groups is 2. The second-order valence-electron chi connectivity index (χ2n) is 7.73. The Bertz CT molecular complexity index is 1030. The van der Waals surface area contributed by atoms with Crippen molar-refractivity contribution in [1.82, 2.24) is 9.88 Å². The molecule has 1 fully saturated rings. The van der Waals surface area contributed by atoms with Gasteiger partial charge in [-0.05, 0) is 42.7 Å². The van der Waals surface area contributed by atoms with Crippen molar-refractivity contribution >= 4 is 11.8 Å². The topological polar surface area (TPSA) is 76.3 Å². The number of hydrogen-bond acceptors (Lipinski definition) is 3. The summed E-state index contributed by atoms with van der Waals surface area (Å²) < 4.78 is 0. The van der Waals surface area contributed by atoms with Crippen LogP contribution in [-0.2, 0) is 11.2 Å². The van der Waals surface area contributed by atoms with Gasteiger partial charge in [-0.25, -0.2) is 0 Å². The molecule has 0 spiro atoms. The molecular formula is C25H25N3O2. The Morgan fingerprint density at radius 3 is 2.47 bits per heavy atom. The largest absolute Gasteiger partial charge is 0.366 e. The van der Waals surface area contributed by atoms with E-state index in [0.717, 1.165) is 41.9 Å². The summed E-state index contributed by atoms with van der Waals surface area (Å²) >= 11 is 0. The number of nitrogens with two attached hydrogens (primary N) is 1. The fourth-order valence-electron chi connectivity index (χ4n) is 3.97. The van der Waals surface area contributed by atoms with E-state index >= 15 is 0 Å². The van der Waals surface area contributed by atoms with Gasteiger partial charge in [-0.2, -0.15) is 0 Å². The van der Waals surface area contributed by atoms with Crippen molar-refractivity contribution in [3.63, 3.8) is 0 Å². The van der Waals surface area contributed by atoms with Crippen molar-refractivity contribution in [2.45, 2.75) is 25.2 Å². The third-order valence-electron chi connectivity index (χ3n) is 5.63. The Morgan fingerprint density at radius 2 is 1.73 bits per heavy atom. The van der Waals surface area contributed by atoms with Gasteiger partial charge in [0, 0.05) is 35.8 Å². The molecule has 1 saturated heterocycles. The number of hydrogen-bond donors (Lipinski definition) is 1. The lowest BCUT2D eigenvalue weighted by Gasteiger charge is -2.32. The molecule has 0 radical (unpaired) electrons. The third kappa shape index (κ3) is 4.57. The van der Waals surface area contributed by atoms with Crippen LogP contribution in [0.1, 0.15) is 40.4 Å². The van der Waals surface area contributed by atoms with E-state index in [9.17, 15) is 9.59 Å². The van der Waals surface area contributed by atoms with Gasteiger partial charge >= 0.3 is 0 Å². The minimum Gasteiger partial charge on any atom is -0.366 e. The van der Waals surface area contributed by atoms with Gasteiger partial charge in [-0.1, -0.05) is 48.5 Å². The summed E-state index contributed by atoms with van der Waals surface area (Å²) in [5.74, 6) is -0.0434. The van der Waals surface area contributed by atoms with E-state index in [1.807, 2.05) is 65.6 Å². The molecule has 0 saturated carbocycles. The van der Waals surface area contributed by atoms with Crippen LogP contribution < -0.4 is 5.73 Å². The minimum atomic E-state index is -0.439. The van der Waals surface area contributed by atoms with Crippen LogP contribution in [0, 0.1) is 0 Å². The van der Waals surface area contributed by atoms with Crippen LogP contribution in [-0.4, -0.2) is 34.8 Å². The highest BCUT2D eigenvalue weighted by Crippen LogP contribution is 2.28. The van der Waals surface area contributed by atoms with Crippen LogP contribution >= 0.6 is 0 Å². The molecule has 2 amide bonds. The molecule has 5 heteroatoms. The van der Waals surface area contributed by atoms with Gasteiger partial charge < -0.3 is 10.6 Å².